The number of anilines is 1. The first kappa shape index (κ1) is 15.5. The molecule has 1 fully saturated rings. The average Bonchev–Trinajstić information content (AvgIpc) is 2.46. The van der Waals surface area contributed by atoms with E-state index in [4.69, 9.17) is 15.2 Å². The van der Waals surface area contributed by atoms with E-state index in [0.29, 0.717) is 22.7 Å². The molecule has 0 unspecified atom stereocenters. The maximum absolute atomic E-state index is 12.7. The van der Waals surface area contributed by atoms with Gasteiger partial charge in [0.25, 0.3) is 5.91 Å². The number of likely N-dealkylation sites (tertiary alicyclic amines) is 1. The van der Waals surface area contributed by atoms with Gasteiger partial charge in [0.05, 0.1) is 19.8 Å². The summed E-state index contributed by atoms with van der Waals surface area (Å²) in [5, 5.41) is 0. The summed E-state index contributed by atoms with van der Waals surface area (Å²) in [5.41, 5.74) is 6.94. The molecule has 116 valence electrons. The molecule has 0 saturated carbocycles. The highest BCUT2D eigenvalue weighted by Gasteiger charge is 2.21. The number of nitrogens with two attached hydrogens (primary N) is 1. The highest BCUT2D eigenvalue weighted by atomic mass is 16.5. The Labute approximate surface area is 126 Å². The predicted octanol–water partition coefficient (Wildman–Crippen LogP) is 2.69. The normalized spacial score (nSPS) is 16.0. The maximum atomic E-state index is 12.7. The Morgan fingerprint density at radius 3 is 2.10 bits per heavy atom. The molecule has 1 saturated heterocycles. The fourth-order valence-electron chi connectivity index (χ4n) is 2.70. The van der Waals surface area contributed by atoms with Crippen LogP contribution in [0.25, 0.3) is 0 Å². The molecule has 5 nitrogen and oxygen atoms in total. The first-order valence-corrected chi connectivity index (χ1v) is 7.48. The van der Waals surface area contributed by atoms with Crippen LogP contribution in [0.3, 0.4) is 0 Å². The van der Waals surface area contributed by atoms with Gasteiger partial charge in [-0.15, -0.1) is 0 Å². The molecule has 1 aliphatic rings. The number of hydrogen-bond donors (Lipinski definition) is 1. The molecule has 0 atom stereocenters. The Hall–Kier alpha value is -1.91. The Morgan fingerprint density at radius 2 is 1.52 bits per heavy atom. The molecule has 21 heavy (non-hydrogen) atoms. The highest BCUT2D eigenvalue weighted by Crippen LogP contribution is 2.32. The maximum Gasteiger partial charge on any atom is 0.256 e. The van der Waals surface area contributed by atoms with Gasteiger partial charge < -0.3 is 20.1 Å². The van der Waals surface area contributed by atoms with Crippen molar-refractivity contribution in [2.24, 2.45) is 0 Å². The third-order valence-corrected chi connectivity index (χ3v) is 3.93. The van der Waals surface area contributed by atoms with Crippen LogP contribution >= 0.6 is 0 Å². The van der Waals surface area contributed by atoms with Crippen molar-refractivity contribution >= 4 is 11.6 Å². The standard InChI is InChI=1S/C16H24N2O3/c1-20-14-10-12(13(17)11-15(14)21-2)16(19)18-8-6-4-3-5-7-9-18/h10-11H,3-9,17H2,1-2H3. The fraction of sp³-hybridized carbons (Fsp3) is 0.562. The van der Waals surface area contributed by atoms with E-state index in [1.54, 1.807) is 26.4 Å². The van der Waals surface area contributed by atoms with Gasteiger partial charge >= 0.3 is 0 Å². The molecule has 0 radical (unpaired) electrons. The van der Waals surface area contributed by atoms with Crippen molar-refractivity contribution in [2.45, 2.75) is 32.1 Å². The van der Waals surface area contributed by atoms with Crippen LogP contribution in [0.2, 0.25) is 0 Å². The molecule has 1 amide bonds. The van der Waals surface area contributed by atoms with E-state index in [1.165, 1.54) is 19.3 Å². The summed E-state index contributed by atoms with van der Waals surface area (Å²) in [4.78, 5) is 14.6. The summed E-state index contributed by atoms with van der Waals surface area (Å²) in [7, 11) is 3.11. The van der Waals surface area contributed by atoms with Crippen LogP contribution in [0.1, 0.15) is 42.5 Å². The molecular weight excluding hydrogens is 268 g/mol. The van der Waals surface area contributed by atoms with Crippen LogP contribution in [-0.4, -0.2) is 38.1 Å². The predicted molar refractivity (Wildman–Crippen MR) is 82.9 cm³/mol. The van der Waals surface area contributed by atoms with E-state index in [0.717, 1.165) is 25.9 Å². The summed E-state index contributed by atoms with van der Waals surface area (Å²) in [6, 6.07) is 3.32. The van der Waals surface area contributed by atoms with Crippen LogP contribution in [-0.2, 0) is 0 Å². The summed E-state index contributed by atoms with van der Waals surface area (Å²) >= 11 is 0. The Morgan fingerprint density at radius 1 is 1.00 bits per heavy atom. The van der Waals surface area contributed by atoms with E-state index in [1.807, 2.05) is 4.90 Å². The van der Waals surface area contributed by atoms with Gasteiger partial charge in [0.15, 0.2) is 11.5 Å². The second kappa shape index (κ2) is 7.20. The molecule has 1 aromatic carbocycles. The molecule has 1 aromatic rings. The van der Waals surface area contributed by atoms with Crippen LogP contribution in [0.5, 0.6) is 11.5 Å². The average molecular weight is 292 g/mol. The van der Waals surface area contributed by atoms with Gasteiger partial charge in [-0.1, -0.05) is 19.3 Å². The van der Waals surface area contributed by atoms with Crippen molar-refractivity contribution < 1.29 is 14.3 Å². The number of methoxy groups -OCH3 is 2. The first-order chi connectivity index (χ1) is 10.2. The van der Waals surface area contributed by atoms with Gasteiger partial charge in [0, 0.05) is 24.8 Å². The van der Waals surface area contributed by atoms with Crippen molar-refractivity contribution in [3.63, 3.8) is 0 Å². The summed E-state index contributed by atoms with van der Waals surface area (Å²) in [6.07, 6.45) is 5.74. The summed E-state index contributed by atoms with van der Waals surface area (Å²) < 4.78 is 10.5. The Balaban J connectivity index is 2.24. The first-order valence-electron chi connectivity index (χ1n) is 7.48. The molecule has 2 rings (SSSR count). The number of benzene rings is 1. The molecule has 0 aromatic heterocycles. The van der Waals surface area contributed by atoms with Crippen LogP contribution in [0.4, 0.5) is 5.69 Å². The van der Waals surface area contributed by atoms with E-state index >= 15 is 0 Å². The molecule has 2 N–H and O–H groups in total. The second-order valence-electron chi connectivity index (χ2n) is 5.35. The van der Waals surface area contributed by atoms with Gasteiger partial charge in [-0.25, -0.2) is 0 Å². The zero-order valence-electron chi connectivity index (χ0n) is 12.9. The van der Waals surface area contributed by atoms with Crippen LogP contribution < -0.4 is 15.2 Å². The van der Waals surface area contributed by atoms with E-state index < -0.39 is 0 Å². The van der Waals surface area contributed by atoms with Crippen molar-refractivity contribution in [2.75, 3.05) is 33.0 Å². The quantitative estimate of drug-likeness (QED) is 0.870. The minimum absolute atomic E-state index is 0.0182. The number of nitrogens with zero attached hydrogens (tertiary/aromatic N) is 1. The topological polar surface area (TPSA) is 64.8 Å². The van der Waals surface area contributed by atoms with Gasteiger partial charge in [-0.05, 0) is 18.9 Å². The zero-order chi connectivity index (χ0) is 15.2. The lowest BCUT2D eigenvalue weighted by molar-refractivity contribution is 0.0743. The van der Waals surface area contributed by atoms with E-state index in [2.05, 4.69) is 0 Å². The lowest BCUT2D eigenvalue weighted by atomic mass is 10.1. The van der Waals surface area contributed by atoms with Crippen molar-refractivity contribution in [3.8, 4) is 11.5 Å². The van der Waals surface area contributed by atoms with Gasteiger partial charge in [0.1, 0.15) is 0 Å². The molecule has 1 aliphatic heterocycles. The SMILES string of the molecule is COc1cc(N)c(C(=O)N2CCCCCCC2)cc1OC. The molecular formula is C16H24N2O3. The van der Waals surface area contributed by atoms with E-state index in [-0.39, 0.29) is 5.91 Å². The van der Waals surface area contributed by atoms with Gasteiger partial charge in [0.2, 0.25) is 0 Å². The van der Waals surface area contributed by atoms with Crippen molar-refractivity contribution in [3.05, 3.63) is 17.7 Å². The van der Waals surface area contributed by atoms with Crippen LogP contribution in [0.15, 0.2) is 12.1 Å². The molecule has 0 bridgehead atoms. The lowest BCUT2D eigenvalue weighted by Crippen LogP contribution is -2.34. The highest BCUT2D eigenvalue weighted by molar-refractivity contribution is 6.00. The Bertz CT molecular complexity index is 495. The third-order valence-electron chi connectivity index (χ3n) is 3.93. The molecule has 5 heteroatoms. The monoisotopic (exact) mass is 292 g/mol. The molecule has 0 spiro atoms. The van der Waals surface area contributed by atoms with Gasteiger partial charge in [-0.2, -0.15) is 0 Å². The number of amides is 1. The third kappa shape index (κ3) is 3.60. The lowest BCUT2D eigenvalue weighted by Gasteiger charge is -2.25. The summed E-state index contributed by atoms with van der Waals surface area (Å²) in [6.45, 7) is 1.60. The largest absolute Gasteiger partial charge is 0.493 e. The van der Waals surface area contributed by atoms with Crippen LogP contribution in [0, 0.1) is 0 Å². The van der Waals surface area contributed by atoms with Crippen molar-refractivity contribution in [1.82, 2.24) is 4.90 Å². The zero-order valence-corrected chi connectivity index (χ0v) is 12.9. The molecule has 0 aliphatic carbocycles. The van der Waals surface area contributed by atoms with Gasteiger partial charge in [-0.3, -0.25) is 4.79 Å². The second-order valence-corrected chi connectivity index (χ2v) is 5.35. The summed E-state index contributed by atoms with van der Waals surface area (Å²) in [5.74, 6) is 1.05. The number of carbonyl (C=O) groups excluding carboxylic acids is 1. The number of carbonyl (C=O) groups is 1. The number of nitrogen functional groups attached to an aromatic ring is 1. The smallest absolute Gasteiger partial charge is 0.256 e. The van der Waals surface area contributed by atoms with Crippen molar-refractivity contribution in [1.29, 1.82) is 0 Å². The molecule has 1 heterocycles. The minimum atomic E-state index is -0.0182. The number of hydrogen-bond acceptors (Lipinski definition) is 4. The number of rotatable bonds is 3. The minimum Gasteiger partial charge on any atom is -0.493 e. The Kier molecular flexibility index (Phi) is 5.31. The van der Waals surface area contributed by atoms with E-state index in [9.17, 15) is 4.79 Å². The number of ether oxygens (including phenoxy) is 2. The fourth-order valence-corrected chi connectivity index (χ4v) is 2.70.